The average molecular weight is 324 g/mol. The van der Waals surface area contributed by atoms with Gasteiger partial charge in [0.1, 0.15) is 0 Å². The van der Waals surface area contributed by atoms with Gasteiger partial charge in [0, 0.05) is 51.7 Å². The highest BCUT2D eigenvalue weighted by Crippen LogP contribution is 2.09. The molecule has 1 aromatic rings. The molecular formula is C12H23Cl2N5O. The van der Waals surface area contributed by atoms with E-state index in [1.54, 1.807) is 12.4 Å². The molecule has 1 aliphatic heterocycles. The van der Waals surface area contributed by atoms with E-state index in [9.17, 15) is 0 Å². The summed E-state index contributed by atoms with van der Waals surface area (Å²) < 4.78 is 5.39. The van der Waals surface area contributed by atoms with Gasteiger partial charge in [0.15, 0.2) is 0 Å². The molecule has 2 N–H and O–H groups in total. The number of nitrogens with two attached hydrogens (primary N) is 1. The first kappa shape index (κ1) is 19.3. The average Bonchev–Trinajstić information content (AvgIpc) is 2.45. The minimum Gasteiger partial charge on any atom is -0.379 e. The van der Waals surface area contributed by atoms with E-state index in [4.69, 9.17) is 10.5 Å². The van der Waals surface area contributed by atoms with Crippen molar-refractivity contribution in [3.8, 4) is 0 Å². The molecule has 0 aliphatic carbocycles. The van der Waals surface area contributed by atoms with Crippen molar-refractivity contribution in [2.75, 3.05) is 57.4 Å². The largest absolute Gasteiger partial charge is 0.379 e. The van der Waals surface area contributed by atoms with Gasteiger partial charge in [-0.25, -0.2) is 9.97 Å². The van der Waals surface area contributed by atoms with Crippen molar-refractivity contribution in [2.24, 2.45) is 5.73 Å². The van der Waals surface area contributed by atoms with Gasteiger partial charge in [-0.1, -0.05) is 0 Å². The van der Waals surface area contributed by atoms with Gasteiger partial charge in [0.2, 0.25) is 5.95 Å². The highest BCUT2D eigenvalue weighted by atomic mass is 35.5. The topological polar surface area (TPSA) is 67.5 Å². The zero-order chi connectivity index (χ0) is 12.6. The van der Waals surface area contributed by atoms with Gasteiger partial charge in [0.25, 0.3) is 0 Å². The molecule has 116 valence electrons. The van der Waals surface area contributed by atoms with Crippen molar-refractivity contribution < 1.29 is 4.74 Å². The second-order valence-corrected chi connectivity index (χ2v) is 4.28. The van der Waals surface area contributed by atoms with Crippen LogP contribution in [0.15, 0.2) is 18.5 Å². The molecule has 20 heavy (non-hydrogen) atoms. The molecule has 2 heterocycles. The third-order valence-corrected chi connectivity index (χ3v) is 3.02. The molecule has 0 radical (unpaired) electrons. The maximum absolute atomic E-state index is 5.39. The number of aromatic nitrogens is 2. The standard InChI is InChI=1S/C12H21N5O.2ClH/c13-2-10-18-11-9-16-5-7-17(8-6-16)12-14-3-1-4-15-12;;/h1,3-4H,2,5-11,13H2;2*1H. The molecule has 0 bridgehead atoms. The van der Waals surface area contributed by atoms with E-state index in [1.807, 2.05) is 6.07 Å². The first-order chi connectivity index (χ1) is 8.90. The van der Waals surface area contributed by atoms with Gasteiger partial charge >= 0.3 is 0 Å². The smallest absolute Gasteiger partial charge is 0.225 e. The molecular weight excluding hydrogens is 301 g/mol. The number of halogens is 2. The van der Waals surface area contributed by atoms with Crippen molar-refractivity contribution in [1.29, 1.82) is 0 Å². The van der Waals surface area contributed by atoms with Crippen molar-refractivity contribution in [3.05, 3.63) is 18.5 Å². The summed E-state index contributed by atoms with van der Waals surface area (Å²) in [5.74, 6) is 0.830. The van der Waals surface area contributed by atoms with Crippen LogP contribution in [0.4, 0.5) is 5.95 Å². The SMILES string of the molecule is Cl.Cl.NCCOCCN1CCN(c2ncccn2)CC1. The molecule has 0 atom stereocenters. The molecule has 1 aromatic heterocycles. The summed E-state index contributed by atoms with van der Waals surface area (Å²) in [4.78, 5) is 13.2. The second-order valence-electron chi connectivity index (χ2n) is 4.28. The third-order valence-electron chi connectivity index (χ3n) is 3.02. The van der Waals surface area contributed by atoms with Crippen LogP contribution in [0.2, 0.25) is 0 Å². The Morgan fingerprint density at radius 3 is 2.30 bits per heavy atom. The monoisotopic (exact) mass is 323 g/mol. The lowest BCUT2D eigenvalue weighted by molar-refractivity contribution is 0.107. The quantitative estimate of drug-likeness (QED) is 0.765. The summed E-state index contributed by atoms with van der Waals surface area (Å²) in [7, 11) is 0. The number of rotatable bonds is 6. The minimum atomic E-state index is 0. The van der Waals surface area contributed by atoms with Crippen molar-refractivity contribution >= 4 is 30.8 Å². The van der Waals surface area contributed by atoms with Gasteiger partial charge in [-0.3, -0.25) is 4.90 Å². The molecule has 1 aliphatic rings. The van der Waals surface area contributed by atoms with Crippen LogP contribution in [0.5, 0.6) is 0 Å². The molecule has 0 aromatic carbocycles. The fourth-order valence-corrected chi connectivity index (χ4v) is 2.01. The Kier molecular flexibility index (Phi) is 10.7. The molecule has 1 fully saturated rings. The van der Waals surface area contributed by atoms with Crippen molar-refractivity contribution in [1.82, 2.24) is 14.9 Å². The molecule has 1 saturated heterocycles. The van der Waals surface area contributed by atoms with Crippen molar-refractivity contribution in [2.45, 2.75) is 0 Å². The Balaban J connectivity index is 0.00000180. The first-order valence-electron chi connectivity index (χ1n) is 6.42. The Morgan fingerprint density at radius 1 is 1.05 bits per heavy atom. The summed E-state index contributed by atoms with van der Waals surface area (Å²) in [6.07, 6.45) is 3.57. The van der Waals surface area contributed by atoms with E-state index in [0.717, 1.165) is 45.3 Å². The maximum Gasteiger partial charge on any atom is 0.225 e. The van der Waals surface area contributed by atoms with Crippen LogP contribution in [0.25, 0.3) is 0 Å². The Morgan fingerprint density at radius 2 is 1.70 bits per heavy atom. The maximum atomic E-state index is 5.39. The fourth-order valence-electron chi connectivity index (χ4n) is 2.01. The fraction of sp³-hybridized carbons (Fsp3) is 0.667. The van der Waals surface area contributed by atoms with Crippen LogP contribution in [0, 0.1) is 0 Å². The van der Waals surface area contributed by atoms with Gasteiger partial charge in [-0.05, 0) is 6.07 Å². The number of piperazine rings is 1. The molecule has 2 rings (SSSR count). The minimum absolute atomic E-state index is 0. The highest BCUT2D eigenvalue weighted by molar-refractivity contribution is 5.85. The zero-order valence-corrected chi connectivity index (χ0v) is 13.1. The number of nitrogens with zero attached hydrogens (tertiary/aromatic N) is 4. The number of anilines is 1. The summed E-state index contributed by atoms with van der Waals surface area (Å²) >= 11 is 0. The van der Waals surface area contributed by atoms with E-state index < -0.39 is 0 Å². The Hall–Kier alpha value is -0.660. The van der Waals surface area contributed by atoms with Crippen LogP contribution in [0.3, 0.4) is 0 Å². The van der Waals surface area contributed by atoms with Gasteiger partial charge < -0.3 is 15.4 Å². The van der Waals surface area contributed by atoms with Crippen LogP contribution in [-0.2, 0) is 4.74 Å². The van der Waals surface area contributed by atoms with Gasteiger partial charge in [0.05, 0.1) is 13.2 Å². The molecule has 0 amide bonds. The lowest BCUT2D eigenvalue weighted by Crippen LogP contribution is -2.47. The third kappa shape index (κ3) is 6.19. The molecule has 6 nitrogen and oxygen atoms in total. The number of hydrogen-bond donors (Lipinski definition) is 1. The molecule has 0 saturated carbocycles. The van der Waals surface area contributed by atoms with Crippen LogP contribution in [-0.4, -0.2) is 67.4 Å². The first-order valence-corrected chi connectivity index (χ1v) is 6.42. The Labute approximate surface area is 132 Å². The summed E-state index contributed by atoms with van der Waals surface area (Å²) in [6.45, 7) is 7.00. The number of ether oxygens (including phenoxy) is 1. The van der Waals surface area contributed by atoms with E-state index in [2.05, 4.69) is 19.8 Å². The summed E-state index contributed by atoms with van der Waals surface area (Å²) in [5, 5.41) is 0. The van der Waals surface area contributed by atoms with Crippen molar-refractivity contribution in [3.63, 3.8) is 0 Å². The van der Waals surface area contributed by atoms with Crippen LogP contribution >= 0.6 is 24.8 Å². The zero-order valence-electron chi connectivity index (χ0n) is 11.5. The predicted octanol–water partition coefficient (Wildman–Crippen LogP) is 0.417. The van der Waals surface area contributed by atoms with E-state index in [1.165, 1.54) is 0 Å². The second kappa shape index (κ2) is 11.0. The molecule has 0 unspecified atom stereocenters. The van der Waals surface area contributed by atoms with E-state index >= 15 is 0 Å². The highest BCUT2D eigenvalue weighted by Gasteiger charge is 2.17. The van der Waals surface area contributed by atoms with Crippen LogP contribution < -0.4 is 10.6 Å². The molecule has 0 spiro atoms. The normalized spacial score (nSPS) is 15.3. The lowest BCUT2D eigenvalue weighted by atomic mass is 10.3. The van der Waals surface area contributed by atoms with Crippen LogP contribution in [0.1, 0.15) is 0 Å². The van der Waals surface area contributed by atoms with Gasteiger partial charge in [-0.15, -0.1) is 24.8 Å². The van der Waals surface area contributed by atoms with Gasteiger partial charge in [-0.2, -0.15) is 0 Å². The van der Waals surface area contributed by atoms with E-state index in [-0.39, 0.29) is 24.8 Å². The predicted molar refractivity (Wildman–Crippen MR) is 85.1 cm³/mol. The van der Waals surface area contributed by atoms with E-state index in [0.29, 0.717) is 13.2 Å². The Bertz CT molecular complexity index is 336. The number of hydrogen-bond acceptors (Lipinski definition) is 6. The summed E-state index contributed by atoms with van der Waals surface area (Å²) in [5.41, 5.74) is 5.37. The lowest BCUT2D eigenvalue weighted by Gasteiger charge is -2.34. The molecule has 8 heteroatoms. The summed E-state index contributed by atoms with van der Waals surface area (Å²) in [6, 6.07) is 1.84.